The molecule has 1 aliphatic carbocycles. The largest absolute Gasteiger partial charge is 0.381 e. The van der Waals surface area contributed by atoms with Crippen molar-refractivity contribution < 1.29 is 8.42 Å². The van der Waals surface area contributed by atoms with Crippen LogP contribution in [-0.2, 0) is 17.1 Å². The van der Waals surface area contributed by atoms with Crippen molar-refractivity contribution in [1.29, 1.82) is 0 Å². The van der Waals surface area contributed by atoms with Gasteiger partial charge in [-0.3, -0.25) is 0 Å². The minimum atomic E-state index is -3.58. The monoisotopic (exact) mass is 286 g/mol. The predicted octanol–water partition coefficient (Wildman–Crippen LogP) is 1.11. The fourth-order valence-corrected chi connectivity index (χ4v) is 4.07. The van der Waals surface area contributed by atoms with Gasteiger partial charge in [0.2, 0.25) is 0 Å². The summed E-state index contributed by atoms with van der Waals surface area (Å²) < 4.78 is 28.6. The third-order valence-corrected chi connectivity index (χ3v) is 5.54. The Hall–Kier alpha value is -1.08. The number of aryl methyl sites for hydroxylation is 1. The van der Waals surface area contributed by atoms with E-state index >= 15 is 0 Å². The van der Waals surface area contributed by atoms with Gasteiger partial charge in [-0.2, -0.15) is 0 Å². The number of hydrogen-bond acceptors (Lipinski definition) is 4. The fraction of sp³-hybridized carbons (Fsp3) is 0.750. The molecule has 2 rings (SSSR count). The maximum Gasteiger partial charge on any atom is 0.260 e. The van der Waals surface area contributed by atoms with E-state index in [4.69, 9.17) is 5.73 Å². The average Bonchev–Trinajstić information content (AvgIpc) is 2.69. The van der Waals surface area contributed by atoms with Gasteiger partial charge in [-0.1, -0.05) is 26.2 Å². The van der Waals surface area contributed by atoms with Crippen molar-refractivity contribution in [3.63, 3.8) is 0 Å². The van der Waals surface area contributed by atoms with Gasteiger partial charge in [0.05, 0.1) is 6.33 Å². The van der Waals surface area contributed by atoms with Gasteiger partial charge in [-0.25, -0.2) is 18.1 Å². The molecular weight excluding hydrogens is 264 g/mol. The van der Waals surface area contributed by atoms with Gasteiger partial charge in [-0.05, 0) is 18.3 Å². The Balaban J connectivity index is 2.06. The first-order chi connectivity index (χ1) is 8.92. The molecule has 6 nitrogen and oxygen atoms in total. The van der Waals surface area contributed by atoms with E-state index in [1.54, 1.807) is 7.05 Å². The van der Waals surface area contributed by atoms with E-state index < -0.39 is 10.0 Å². The predicted molar refractivity (Wildman–Crippen MR) is 73.9 cm³/mol. The average molecular weight is 286 g/mol. The lowest BCUT2D eigenvalue weighted by molar-refractivity contribution is 0.257. The van der Waals surface area contributed by atoms with Crippen LogP contribution in [0.25, 0.3) is 0 Å². The summed E-state index contributed by atoms with van der Waals surface area (Å²) in [7, 11) is -1.95. The minimum absolute atomic E-state index is 0.0479. The molecule has 1 fully saturated rings. The molecule has 0 bridgehead atoms. The van der Waals surface area contributed by atoms with Gasteiger partial charge in [0, 0.05) is 13.6 Å². The van der Waals surface area contributed by atoms with Crippen molar-refractivity contribution >= 4 is 15.8 Å². The van der Waals surface area contributed by atoms with Gasteiger partial charge in [0.25, 0.3) is 10.0 Å². The van der Waals surface area contributed by atoms with E-state index in [1.807, 2.05) is 0 Å². The first-order valence-corrected chi connectivity index (χ1v) is 8.16. The number of nitrogens with two attached hydrogens (primary N) is 1. The normalized spacial score (nSPS) is 24.5. The van der Waals surface area contributed by atoms with Crippen molar-refractivity contribution in [3.05, 3.63) is 6.33 Å². The summed E-state index contributed by atoms with van der Waals surface area (Å²) in [6.45, 7) is 2.67. The van der Waals surface area contributed by atoms with Gasteiger partial charge >= 0.3 is 0 Å². The van der Waals surface area contributed by atoms with E-state index in [1.165, 1.54) is 30.2 Å². The van der Waals surface area contributed by atoms with Crippen LogP contribution in [-0.4, -0.2) is 24.5 Å². The summed E-state index contributed by atoms with van der Waals surface area (Å²) in [5.41, 5.74) is 5.61. The maximum absolute atomic E-state index is 12.2. The molecule has 108 valence electrons. The van der Waals surface area contributed by atoms with Crippen LogP contribution in [0.5, 0.6) is 0 Å². The Labute approximate surface area is 114 Å². The molecule has 2 unspecified atom stereocenters. The van der Waals surface area contributed by atoms with Gasteiger partial charge in [-0.15, -0.1) is 0 Å². The molecule has 1 aromatic rings. The molecular formula is C12H22N4O2S. The minimum Gasteiger partial charge on any atom is -0.381 e. The van der Waals surface area contributed by atoms with E-state index in [-0.39, 0.29) is 10.8 Å². The number of nitrogens with one attached hydrogen (secondary N) is 1. The van der Waals surface area contributed by atoms with Crippen LogP contribution in [0.3, 0.4) is 0 Å². The zero-order valence-corrected chi connectivity index (χ0v) is 12.3. The number of aromatic nitrogens is 2. The van der Waals surface area contributed by atoms with Crippen LogP contribution in [0.4, 0.5) is 5.82 Å². The van der Waals surface area contributed by atoms with E-state index in [0.29, 0.717) is 18.4 Å². The van der Waals surface area contributed by atoms with Crippen molar-refractivity contribution in [2.24, 2.45) is 18.9 Å². The van der Waals surface area contributed by atoms with Gasteiger partial charge in [0.15, 0.2) is 10.8 Å². The van der Waals surface area contributed by atoms with E-state index in [9.17, 15) is 8.42 Å². The third-order valence-electron chi connectivity index (χ3n) is 3.99. The zero-order chi connectivity index (χ0) is 14.0. The Morgan fingerprint density at radius 3 is 2.74 bits per heavy atom. The fourth-order valence-electron chi connectivity index (χ4n) is 2.75. The summed E-state index contributed by atoms with van der Waals surface area (Å²) in [5, 5.41) is 0.0518. The number of anilines is 1. The second kappa shape index (κ2) is 5.50. The summed E-state index contributed by atoms with van der Waals surface area (Å²) >= 11 is 0. The van der Waals surface area contributed by atoms with Crippen LogP contribution in [0.15, 0.2) is 11.4 Å². The molecule has 0 amide bonds. The lowest BCUT2D eigenvalue weighted by Crippen LogP contribution is -2.34. The topological polar surface area (TPSA) is 90.0 Å². The van der Waals surface area contributed by atoms with Crippen LogP contribution >= 0.6 is 0 Å². The molecule has 1 saturated carbocycles. The number of rotatable bonds is 4. The van der Waals surface area contributed by atoms with Gasteiger partial charge < -0.3 is 10.3 Å². The molecule has 3 N–H and O–H groups in total. The van der Waals surface area contributed by atoms with Crippen LogP contribution in [0, 0.1) is 11.8 Å². The van der Waals surface area contributed by atoms with Crippen molar-refractivity contribution in [2.75, 3.05) is 12.3 Å². The zero-order valence-electron chi connectivity index (χ0n) is 11.5. The number of nitrogen functional groups attached to an aromatic ring is 1. The highest BCUT2D eigenvalue weighted by Crippen LogP contribution is 2.29. The molecule has 0 spiro atoms. The summed E-state index contributed by atoms with van der Waals surface area (Å²) in [6, 6.07) is 0. The van der Waals surface area contributed by atoms with Gasteiger partial charge in [0.1, 0.15) is 0 Å². The molecule has 1 aliphatic rings. The van der Waals surface area contributed by atoms with E-state index in [2.05, 4.69) is 16.6 Å². The molecule has 0 radical (unpaired) electrons. The molecule has 19 heavy (non-hydrogen) atoms. The van der Waals surface area contributed by atoms with Crippen LogP contribution in [0.1, 0.15) is 32.6 Å². The molecule has 0 saturated heterocycles. The summed E-state index contributed by atoms with van der Waals surface area (Å²) in [5.74, 6) is 1.03. The lowest BCUT2D eigenvalue weighted by Gasteiger charge is -2.28. The Bertz CT molecular complexity index is 518. The van der Waals surface area contributed by atoms with Crippen molar-refractivity contribution in [3.8, 4) is 0 Å². The molecule has 0 aliphatic heterocycles. The maximum atomic E-state index is 12.2. The van der Waals surface area contributed by atoms with Crippen LogP contribution < -0.4 is 10.5 Å². The third kappa shape index (κ3) is 3.09. The Kier molecular flexibility index (Phi) is 4.15. The highest BCUT2D eigenvalue weighted by atomic mass is 32.2. The number of imidazole rings is 1. The highest BCUT2D eigenvalue weighted by Gasteiger charge is 2.26. The number of sulfonamides is 1. The van der Waals surface area contributed by atoms with Crippen LogP contribution in [0.2, 0.25) is 0 Å². The smallest absolute Gasteiger partial charge is 0.260 e. The SMILES string of the molecule is CC1CCCCC1CNS(=O)(=O)c1c(N)ncn1C. The van der Waals surface area contributed by atoms with Crippen molar-refractivity contribution in [2.45, 2.75) is 37.6 Å². The number of nitrogens with zero attached hydrogens (tertiary/aromatic N) is 2. The second-order valence-corrected chi connectivity index (χ2v) is 7.10. The number of hydrogen-bond donors (Lipinski definition) is 2. The summed E-state index contributed by atoms with van der Waals surface area (Å²) in [4.78, 5) is 3.81. The Morgan fingerprint density at radius 1 is 1.47 bits per heavy atom. The molecule has 1 aromatic heterocycles. The van der Waals surface area contributed by atoms with E-state index in [0.717, 1.165) is 6.42 Å². The molecule has 7 heteroatoms. The lowest BCUT2D eigenvalue weighted by atomic mass is 9.81. The first-order valence-electron chi connectivity index (χ1n) is 6.68. The molecule has 2 atom stereocenters. The standard InChI is InChI=1S/C12H22N4O2S/c1-9-5-3-4-6-10(9)7-15-19(17,18)12-11(13)14-8-16(12)2/h8-10,15H,3-7,13H2,1-2H3. The quantitative estimate of drug-likeness (QED) is 0.867. The molecule has 0 aromatic carbocycles. The first kappa shape index (κ1) is 14.3. The molecule has 1 heterocycles. The summed E-state index contributed by atoms with van der Waals surface area (Å²) in [6.07, 6.45) is 6.11. The Morgan fingerprint density at radius 2 is 2.16 bits per heavy atom. The van der Waals surface area contributed by atoms with Crippen molar-refractivity contribution in [1.82, 2.24) is 14.3 Å². The second-order valence-electron chi connectivity index (χ2n) is 5.42. The highest BCUT2D eigenvalue weighted by molar-refractivity contribution is 7.89.